The quantitative estimate of drug-likeness (QED) is 0.335. The molecule has 5 nitrogen and oxygen atoms in total. The minimum absolute atomic E-state index is 0.148. The van der Waals surface area contributed by atoms with Crippen LogP contribution in [0.3, 0.4) is 0 Å². The summed E-state index contributed by atoms with van der Waals surface area (Å²) in [5.74, 6) is 0.149. The van der Waals surface area contributed by atoms with Gasteiger partial charge < -0.3 is 14.9 Å². The van der Waals surface area contributed by atoms with Gasteiger partial charge in [-0.2, -0.15) is 0 Å². The summed E-state index contributed by atoms with van der Waals surface area (Å²) in [6, 6.07) is 0. The lowest BCUT2D eigenvalue weighted by Crippen LogP contribution is -2.10. The lowest BCUT2D eigenvalue weighted by Gasteiger charge is -2.06. The molecule has 0 saturated heterocycles. The molecule has 0 spiro atoms. The Morgan fingerprint density at radius 1 is 0.826 bits per heavy atom. The monoisotopic (exact) mass is 330 g/mol. The summed E-state index contributed by atoms with van der Waals surface area (Å²) >= 11 is 0. The number of hydrogen-bond donors (Lipinski definition) is 2. The molecule has 0 aromatic carbocycles. The van der Waals surface area contributed by atoms with E-state index in [1.54, 1.807) is 0 Å². The summed E-state index contributed by atoms with van der Waals surface area (Å²) in [6.45, 7) is -0.148. The second kappa shape index (κ2) is 15.9. The molecule has 0 aromatic rings. The van der Waals surface area contributed by atoms with Gasteiger partial charge in [0.25, 0.3) is 0 Å². The highest BCUT2D eigenvalue weighted by Gasteiger charge is 2.04. The van der Waals surface area contributed by atoms with Crippen molar-refractivity contribution in [2.75, 3.05) is 13.7 Å². The van der Waals surface area contributed by atoms with Gasteiger partial charge in [0.05, 0.1) is 19.8 Å². The van der Waals surface area contributed by atoms with Crippen LogP contribution in [-0.2, 0) is 14.3 Å². The number of ketones is 1. The van der Waals surface area contributed by atoms with E-state index in [2.05, 4.69) is 4.74 Å². The van der Waals surface area contributed by atoms with Crippen molar-refractivity contribution >= 4 is 11.8 Å². The third-order valence-corrected chi connectivity index (χ3v) is 4.02. The molecule has 0 rings (SSSR count). The highest BCUT2D eigenvalue weighted by atomic mass is 16.5. The molecule has 0 bridgehead atoms. The average Bonchev–Trinajstić information content (AvgIpc) is 2.56. The van der Waals surface area contributed by atoms with Crippen LogP contribution in [0.25, 0.3) is 0 Å². The molecule has 1 unspecified atom stereocenters. The van der Waals surface area contributed by atoms with Crippen LogP contribution >= 0.6 is 0 Å². The number of hydrogen-bond acceptors (Lipinski definition) is 5. The van der Waals surface area contributed by atoms with Crippen LogP contribution in [0.2, 0.25) is 0 Å². The molecule has 5 heteroatoms. The molecule has 0 saturated carbocycles. The topological polar surface area (TPSA) is 83.8 Å². The van der Waals surface area contributed by atoms with Crippen molar-refractivity contribution in [3.05, 3.63) is 0 Å². The molecular formula is C18H34O5. The van der Waals surface area contributed by atoms with Gasteiger partial charge in [0, 0.05) is 19.3 Å². The first kappa shape index (κ1) is 22.1. The van der Waals surface area contributed by atoms with Crippen molar-refractivity contribution in [1.82, 2.24) is 0 Å². The van der Waals surface area contributed by atoms with Crippen molar-refractivity contribution in [2.45, 2.75) is 89.6 Å². The van der Waals surface area contributed by atoms with Gasteiger partial charge in [-0.25, -0.2) is 0 Å². The van der Waals surface area contributed by atoms with Gasteiger partial charge in [-0.15, -0.1) is 0 Å². The van der Waals surface area contributed by atoms with Gasteiger partial charge in [0.15, 0.2) is 0 Å². The maximum Gasteiger partial charge on any atom is 0.305 e. The molecule has 23 heavy (non-hydrogen) atoms. The number of methoxy groups -OCH3 is 1. The summed E-state index contributed by atoms with van der Waals surface area (Å²) in [6.07, 6.45) is 10.7. The Labute approximate surface area is 140 Å². The minimum Gasteiger partial charge on any atom is -0.469 e. The van der Waals surface area contributed by atoms with Gasteiger partial charge in [0.2, 0.25) is 0 Å². The predicted molar refractivity (Wildman–Crippen MR) is 90.1 cm³/mol. The van der Waals surface area contributed by atoms with E-state index < -0.39 is 6.10 Å². The van der Waals surface area contributed by atoms with E-state index in [-0.39, 0.29) is 12.6 Å². The molecule has 0 radical (unpaired) electrons. The third kappa shape index (κ3) is 15.7. The van der Waals surface area contributed by atoms with Crippen LogP contribution < -0.4 is 0 Å². The first-order valence-electron chi connectivity index (χ1n) is 8.97. The van der Waals surface area contributed by atoms with E-state index in [4.69, 9.17) is 5.11 Å². The van der Waals surface area contributed by atoms with Crippen LogP contribution in [0.4, 0.5) is 0 Å². The summed E-state index contributed by atoms with van der Waals surface area (Å²) in [4.78, 5) is 22.6. The first-order chi connectivity index (χ1) is 11.1. The number of rotatable bonds is 16. The minimum atomic E-state index is -0.569. The second-order valence-electron chi connectivity index (χ2n) is 6.17. The molecule has 0 heterocycles. The van der Waals surface area contributed by atoms with Crippen molar-refractivity contribution in [1.29, 1.82) is 0 Å². The van der Waals surface area contributed by atoms with Crippen LogP contribution in [0, 0.1) is 0 Å². The number of esters is 1. The maximum absolute atomic E-state index is 11.7. The maximum atomic E-state index is 11.7. The standard InChI is InChI=1S/C18H34O5/c1-23-18(22)14-10-6-9-12-16(20)11-7-4-2-3-5-8-13-17(21)15-19/h17,19,21H,2-15H2,1H3. The first-order valence-corrected chi connectivity index (χ1v) is 8.97. The van der Waals surface area contributed by atoms with Gasteiger partial charge in [-0.05, 0) is 25.7 Å². The molecule has 1 atom stereocenters. The second-order valence-corrected chi connectivity index (χ2v) is 6.17. The number of aliphatic hydroxyl groups excluding tert-OH is 2. The Bertz CT molecular complexity index is 304. The molecule has 2 N–H and O–H groups in total. The Morgan fingerprint density at radius 3 is 1.87 bits per heavy atom. The molecular weight excluding hydrogens is 296 g/mol. The van der Waals surface area contributed by atoms with Gasteiger partial charge in [0.1, 0.15) is 5.78 Å². The number of carbonyl (C=O) groups excluding carboxylic acids is 2. The van der Waals surface area contributed by atoms with E-state index in [0.29, 0.717) is 31.5 Å². The van der Waals surface area contributed by atoms with Crippen LogP contribution in [0.5, 0.6) is 0 Å². The van der Waals surface area contributed by atoms with Crippen LogP contribution in [0.15, 0.2) is 0 Å². The highest BCUT2D eigenvalue weighted by molar-refractivity contribution is 5.78. The third-order valence-electron chi connectivity index (χ3n) is 4.02. The Hall–Kier alpha value is -0.940. The summed E-state index contributed by atoms with van der Waals surface area (Å²) in [5, 5.41) is 17.9. The SMILES string of the molecule is COC(=O)CCCCCC(=O)CCCCCCCCC(O)CO. The van der Waals surface area contributed by atoms with Crippen molar-refractivity contribution in [3.63, 3.8) is 0 Å². The van der Waals surface area contributed by atoms with E-state index in [0.717, 1.165) is 57.8 Å². The zero-order valence-electron chi connectivity index (χ0n) is 14.6. The molecule has 0 aromatic heterocycles. The molecule has 136 valence electrons. The number of Topliss-reactive ketones (excluding diaryl/α,β-unsaturated/α-hetero) is 1. The van der Waals surface area contributed by atoms with E-state index in [1.807, 2.05) is 0 Å². The molecule has 0 amide bonds. The zero-order chi connectivity index (χ0) is 17.3. The number of ether oxygens (including phenoxy) is 1. The predicted octanol–water partition coefficient (Wildman–Crippen LogP) is 3.15. The fraction of sp³-hybridized carbons (Fsp3) is 0.889. The Balaban J connectivity index is 3.26. The fourth-order valence-corrected chi connectivity index (χ4v) is 2.50. The molecule has 0 aliphatic carbocycles. The smallest absolute Gasteiger partial charge is 0.305 e. The summed E-state index contributed by atoms with van der Waals surface area (Å²) in [5.41, 5.74) is 0. The fourth-order valence-electron chi connectivity index (χ4n) is 2.50. The highest BCUT2D eigenvalue weighted by Crippen LogP contribution is 2.12. The lowest BCUT2D eigenvalue weighted by molar-refractivity contribution is -0.140. The van der Waals surface area contributed by atoms with Crippen molar-refractivity contribution < 1.29 is 24.5 Å². The molecule has 0 aliphatic rings. The van der Waals surface area contributed by atoms with Crippen molar-refractivity contribution in [3.8, 4) is 0 Å². The van der Waals surface area contributed by atoms with Crippen LogP contribution in [0.1, 0.15) is 83.5 Å². The van der Waals surface area contributed by atoms with E-state index in [9.17, 15) is 14.7 Å². The van der Waals surface area contributed by atoms with Crippen LogP contribution in [-0.4, -0.2) is 41.8 Å². The number of unbranched alkanes of at least 4 members (excludes halogenated alkanes) is 7. The largest absolute Gasteiger partial charge is 0.469 e. The lowest BCUT2D eigenvalue weighted by atomic mass is 10.0. The van der Waals surface area contributed by atoms with Gasteiger partial charge in [-0.1, -0.05) is 38.5 Å². The van der Waals surface area contributed by atoms with E-state index in [1.165, 1.54) is 7.11 Å². The Morgan fingerprint density at radius 2 is 1.30 bits per heavy atom. The molecule has 0 aliphatic heterocycles. The average molecular weight is 330 g/mol. The molecule has 0 fully saturated rings. The van der Waals surface area contributed by atoms with Crippen molar-refractivity contribution in [2.24, 2.45) is 0 Å². The normalized spacial score (nSPS) is 12.1. The zero-order valence-corrected chi connectivity index (χ0v) is 14.6. The summed E-state index contributed by atoms with van der Waals surface area (Å²) in [7, 11) is 1.39. The number of aliphatic hydroxyl groups is 2. The van der Waals surface area contributed by atoms with E-state index >= 15 is 0 Å². The number of carbonyl (C=O) groups is 2. The van der Waals surface area contributed by atoms with Gasteiger partial charge in [-0.3, -0.25) is 9.59 Å². The Kier molecular flexibility index (Phi) is 15.3. The summed E-state index contributed by atoms with van der Waals surface area (Å²) < 4.78 is 4.57. The van der Waals surface area contributed by atoms with Gasteiger partial charge >= 0.3 is 5.97 Å².